The number of anilines is 1. The van der Waals surface area contributed by atoms with Gasteiger partial charge in [-0.1, -0.05) is 49.6 Å². The summed E-state index contributed by atoms with van der Waals surface area (Å²) in [5, 5.41) is 8.04. The first-order chi connectivity index (χ1) is 14.8. The molecule has 3 aromatic rings. The van der Waals surface area contributed by atoms with E-state index in [1.54, 1.807) is 0 Å². The number of carbonyl (C=O) groups excluding carboxylic acids is 1. The van der Waals surface area contributed by atoms with Gasteiger partial charge in [0, 0.05) is 43.0 Å². The van der Waals surface area contributed by atoms with Gasteiger partial charge in [0.2, 0.25) is 5.91 Å². The van der Waals surface area contributed by atoms with Crippen LogP contribution in [0.4, 0.5) is 5.82 Å². The molecule has 1 N–H and O–H groups in total. The molecule has 1 saturated carbocycles. The fourth-order valence-electron chi connectivity index (χ4n) is 4.82. The van der Waals surface area contributed by atoms with Crippen LogP contribution in [0.5, 0.6) is 0 Å². The van der Waals surface area contributed by atoms with Gasteiger partial charge in [0.1, 0.15) is 5.52 Å². The van der Waals surface area contributed by atoms with Crippen molar-refractivity contribution < 1.29 is 4.79 Å². The van der Waals surface area contributed by atoms with Gasteiger partial charge in [-0.3, -0.25) is 4.79 Å². The van der Waals surface area contributed by atoms with E-state index in [0.29, 0.717) is 6.04 Å². The number of rotatable bonds is 4. The molecule has 3 heterocycles. The quantitative estimate of drug-likeness (QED) is 0.714. The van der Waals surface area contributed by atoms with Crippen molar-refractivity contribution in [3.05, 3.63) is 48.8 Å². The van der Waals surface area contributed by atoms with E-state index in [9.17, 15) is 4.79 Å². The van der Waals surface area contributed by atoms with E-state index in [1.807, 2.05) is 35.1 Å². The average Bonchev–Trinajstić information content (AvgIpc) is 3.25. The topological polar surface area (TPSA) is 62.5 Å². The van der Waals surface area contributed by atoms with Gasteiger partial charge < -0.3 is 10.2 Å². The van der Waals surface area contributed by atoms with Gasteiger partial charge in [-0.15, -0.1) is 0 Å². The highest BCUT2D eigenvalue weighted by atomic mass is 16.1. The number of benzene rings is 1. The molecule has 1 saturated heterocycles. The highest BCUT2D eigenvalue weighted by Gasteiger charge is 2.28. The number of fused-ring (bicyclic) bond motifs is 1. The van der Waals surface area contributed by atoms with Crippen LogP contribution in [-0.4, -0.2) is 39.6 Å². The number of hydrogen-bond donors (Lipinski definition) is 1. The summed E-state index contributed by atoms with van der Waals surface area (Å²) in [4.78, 5) is 19.7. The molecule has 30 heavy (non-hydrogen) atoms. The molecule has 156 valence electrons. The minimum atomic E-state index is 0.118. The van der Waals surface area contributed by atoms with Crippen LogP contribution >= 0.6 is 0 Å². The largest absolute Gasteiger partial charge is 0.355 e. The van der Waals surface area contributed by atoms with Crippen LogP contribution in [-0.2, 0) is 4.79 Å². The van der Waals surface area contributed by atoms with Gasteiger partial charge in [-0.05, 0) is 31.7 Å². The second-order valence-corrected chi connectivity index (χ2v) is 8.58. The lowest BCUT2D eigenvalue weighted by atomic mass is 9.92. The molecule has 1 aromatic carbocycles. The maximum atomic E-state index is 12.7. The van der Waals surface area contributed by atoms with E-state index in [0.717, 1.165) is 61.4 Å². The summed E-state index contributed by atoms with van der Waals surface area (Å²) in [5.74, 6) is 1.33. The van der Waals surface area contributed by atoms with Gasteiger partial charge in [-0.2, -0.15) is 5.10 Å². The van der Waals surface area contributed by atoms with Gasteiger partial charge in [0.15, 0.2) is 5.82 Å². The summed E-state index contributed by atoms with van der Waals surface area (Å²) < 4.78 is 1.91. The predicted octanol–water partition coefficient (Wildman–Crippen LogP) is 4.06. The second kappa shape index (κ2) is 8.46. The summed E-state index contributed by atoms with van der Waals surface area (Å²) in [6, 6.07) is 12.7. The zero-order valence-electron chi connectivity index (χ0n) is 17.3. The summed E-state index contributed by atoms with van der Waals surface area (Å²) in [6.45, 7) is 1.70. The molecular weight excluding hydrogens is 374 g/mol. The Morgan fingerprint density at radius 3 is 2.53 bits per heavy atom. The molecule has 0 bridgehead atoms. The molecule has 2 aliphatic rings. The van der Waals surface area contributed by atoms with E-state index in [2.05, 4.69) is 33.4 Å². The number of piperidine rings is 1. The van der Waals surface area contributed by atoms with E-state index in [-0.39, 0.29) is 11.8 Å². The van der Waals surface area contributed by atoms with Crippen molar-refractivity contribution in [1.29, 1.82) is 0 Å². The Balaban J connectivity index is 1.28. The van der Waals surface area contributed by atoms with Crippen molar-refractivity contribution in [1.82, 2.24) is 19.9 Å². The van der Waals surface area contributed by atoms with Crippen LogP contribution < -0.4 is 10.2 Å². The molecular formula is C24H29N5O. The Labute approximate surface area is 177 Å². The van der Waals surface area contributed by atoms with Crippen molar-refractivity contribution in [3.8, 4) is 11.3 Å². The molecule has 0 unspecified atom stereocenters. The van der Waals surface area contributed by atoms with Crippen molar-refractivity contribution >= 4 is 17.2 Å². The van der Waals surface area contributed by atoms with E-state index in [1.165, 1.54) is 19.3 Å². The first-order valence-corrected chi connectivity index (χ1v) is 11.2. The summed E-state index contributed by atoms with van der Waals surface area (Å²) in [5.41, 5.74) is 3.07. The maximum Gasteiger partial charge on any atom is 0.223 e. The minimum absolute atomic E-state index is 0.118. The Morgan fingerprint density at radius 1 is 1.00 bits per heavy atom. The van der Waals surface area contributed by atoms with Gasteiger partial charge in [0.25, 0.3) is 0 Å². The third-order valence-corrected chi connectivity index (χ3v) is 6.56. The summed E-state index contributed by atoms with van der Waals surface area (Å²) in [6.07, 6.45) is 11.5. The van der Waals surface area contributed by atoms with Crippen molar-refractivity contribution in [3.63, 3.8) is 0 Å². The van der Waals surface area contributed by atoms with E-state index >= 15 is 0 Å². The van der Waals surface area contributed by atoms with Crippen LogP contribution in [0.25, 0.3) is 16.8 Å². The number of nitrogens with one attached hydrogen (secondary N) is 1. The van der Waals surface area contributed by atoms with Crippen LogP contribution in [0.1, 0.15) is 44.9 Å². The molecule has 1 aliphatic heterocycles. The van der Waals surface area contributed by atoms with E-state index in [4.69, 9.17) is 5.10 Å². The molecule has 0 radical (unpaired) electrons. The normalized spacial score (nSPS) is 18.6. The summed E-state index contributed by atoms with van der Waals surface area (Å²) >= 11 is 0. The SMILES string of the molecule is O=C(NC1CCCCC1)C1CCN(c2nccn3nc(-c4ccccc4)cc23)CC1. The molecule has 2 aromatic heterocycles. The zero-order valence-corrected chi connectivity index (χ0v) is 17.3. The van der Waals surface area contributed by atoms with Gasteiger partial charge in [-0.25, -0.2) is 9.50 Å². The van der Waals surface area contributed by atoms with Crippen LogP contribution in [0.15, 0.2) is 48.8 Å². The minimum Gasteiger partial charge on any atom is -0.355 e. The fourth-order valence-corrected chi connectivity index (χ4v) is 4.82. The third kappa shape index (κ3) is 3.91. The van der Waals surface area contributed by atoms with Crippen LogP contribution in [0.3, 0.4) is 0 Å². The first kappa shape index (κ1) is 19.1. The zero-order chi connectivity index (χ0) is 20.3. The Morgan fingerprint density at radius 2 is 1.77 bits per heavy atom. The molecule has 6 nitrogen and oxygen atoms in total. The standard InChI is InChI=1S/C24H29N5O/c30-24(26-20-9-5-2-6-10-20)19-11-14-28(15-12-19)23-22-17-21(18-7-3-1-4-8-18)27-29(22)16-13-25-23/h1,3-4,7-8,13,16-17,19-20H,2,5-6,9-12,14-15H2,(H,26,30). The maximum absolute atomic E-state index is 12.7. The molecule has 2 fully saturated rings. The lowest BCUT2D eigenvalue weighted by Gasteiger charge is -2.33. The fraction of sp³-hybridized carbons (Fsp3) is 0.458. The number of nitrogens with zero attached hydrogens (tertiary/aromatic N) is 4. The molecule has 1 aliphatic carbocycles. The average molecular weight is 404 g/mol. The summed E-state index contributed by atoms with van der Waals surface area (Å²) in [7, 11) is 0. The number of carbonyl (C=O) groups is 1. The van der Waals surface area contributed by atoms with Gasteiger partial charge >= 0.3 is 0 Å². The number of aromatic nitrogens is 3. The van der Waals surface area contributed by atoms with Crippen molar-refractivity contribution in [2.24, 2.45) is 5.92 Å². The number of hydrogen-bond acceptors (Lipinski definition) is 4. The highest BCUT2D eigenvalue weighted by molar-refractivity contribution is 5.80. The Kier molecular flexibility index (Phi) is 5.39. The Bertz CT molecular complexity index is 1000. The first-order valence-electron chi connectivity index (χ1n) is 11.2. The molecule has 5 rings (SSSR count). The lowest BCUT2D eigenvalue weighted by molar-refractivity contribution is -0.126. The molecule has 0 spiro atoms. The van der Waals surface area contributed by atoms with Crippen LogP contribution in [0.2, 0.25) is 0 Å². The molecule has 1 amide bonds. The molecule has 0 atom stereocenters. The highest BCUT2D eigenvalue weighted by Crippen LogP contribution is 2.28. The smallest absolute Gasteiger partial charge is 0.223 e. The number of amides is 1. The molecule has 6 heteroatoms. The monoisotopic (exact) mass is 403 g/mol. The van der Waals surface area contributed by atoms with Crippen LogP contribution in [0, 0.1) is 5.92 Å². The predicted molar refractivity (Wildman–Crippen MR) is 118 cm³/mol. The Hall–Kier alpha value is -2.89. The van der Waals surface area contributed by atoms with Crippen molar-refractivity contribution in [2.75, 3.05) is 18.0 Å². The van der Waals surface area contributed by atoms with Crippen molar-refractivity contribution in [2.45, 2.75) is 51.0 Å². The third-order valence-electron chi connectivity index (χ3n) is 6.56. The second-order valence-electron chi connectivity index (χ2n) is 8.58. The lowest BCUT2D eigenvalue weighted by Crippen LogP contribution is -2.44. The van der Waals surface area contributed by atoms with Gasteiger partial charge in [0.05, 0.1) is 5.69 Å². The van der Waals surface area contributed by atoms with E-state index < -0.39 is 0 Å².